The average Bonchev–Trinajstić information content (AvgIpc) is 3.83. The van der Waals surface area contributed by atoms with E-state index in [2.05, 4.69) is 40.0 Å². The fraction of sp³-hybridized carbons (Fsp3) is 0.429. The third kappa shape index (κ3) is 9.56. The van der Waals surface area contributed by atoms with E-state index in [1.165, 1.54) is 6.07 Å². The average molecular weight is 1130 g/mol. The summed E-state index contributed by atoms with van der Waals surface area (Å²) in [5.41, 5.74) is 1.20. The van der Waals surface area contributed by atoms with Crippen LogP contribution in [-0.2, 0) is 9.59 Å². The number of carbonyl (C=O) groups is 2. The number of halogens is 2. The number of hydrogen-bond acceptors (Lipinski definition) is 16. The number of carbonyl (C=O) groups excluding carboxylic acids is 2. The topological polar surface area (TPSA) is 199 Å². The van der Waals surface area contributed by atoms with Crippen molar-refractivity contribution < 1.29 is 38.1 Å². The minimum Gasteiger partial charge on any atom is -0.508 e. The van der Waals surface area contributed by atoms with Crippen molar-refractivity contribution >= 4 is 66.8 Å². The van der Waals surface area contributed by atoms with Crippen molar-refractivity contribution in [3.63, 3.8) is 0 Å². The van der Waals surface area contributed by atoms with Gasteiger partial charge in [0.25, 0.3) is 0 Å². The van der Waals surface area contributed by atoms with Gasteiger partial charge < -0.3 is 39.7 Å². The molecule has 7 aliphatic heterocycles. The molecule has 7 fully saturated rings. The van der Waals surface area contributed by atoms with Crippen LogP contribution in [0.2, 0.25) is 0 Å². The van der Waals surface area contributed by atoms with Crippen molar-refractivity contribution in [1.29, 1.82) is 0 Å². The molecular formula is C63H66F2N12O6. The minimum atomic E-state index is -0.619. The zero-order valence-electron chi connectivity index (χ0n) is 46.5. The van der Waals surface area contributed by atoms with Gasteiger partial charge in [-0.3, -0.25) is 29.4 Å². The monoisotopic (exact) mass is 1120 g/mol. The quantitative estimate of drug-likeness (QED) is 0.117. The van der Waals surface area contributed by atoms with Crippen LogP contribution < -0.4 is 24.6 Å². The summed E-state index contributed by atoms with van der Waals surface area (Å²) >= 11 is 0. The van der Waals surface area contributed by atoms with Gasteiger partial charge in [-0.15, -0.1) is 0 Å². The summed E-state index contributed by atoms with van der Waals surface area (Å²) in [7, 11) is 1.79. The predicted octanol–water partition coefficient (Wildman–Crippen LogP) is 8.78. The van der Waals surface area contributed by atoms with Crippen molar-refractivity contribution in [2.75, 3.05) is 95.5 Å². The molecular weight excluding hydrogens is 1060 g/mol. The fourth-order valence-electron chi connectivity index (χ4n) is 14.7. The highest BCUT2D eigenvalue weighted by molar-refractivity contribution is 6.02. The number of pyridine rings is 2. The maximum absolute atomic E-state index is 16.6. The summed E-state index contributed by atoms with van der Waals surface area (Å²) in [6.45, 7) is 8.52. The predicted molar refractivity (Wildman–Crippen MR) is 312 cm³/mol. The first kappa shape index (κ1) is 52.9. The molecule has 3 N–H and O–H groups in total. The molecule has 15 rings (SSSR count). The van der Waals surface area contributed by atoms with E-state index in [1.54, 1.807) is 42.5 Å². The summed E-state index contributed by atoms with van der Waals surface area (Å²) in [6, 6.07) is 21.6. The van der Waals surface area contributed by atoms with E-state index in [4.69, 9.17) is 19.4 Å². The lowest BCUT2D eigenvalue weighted by Gasteiger charge is -2.31. The van der Waals surface area contributed by atoms with Crippen LogP contribution in [0.4, 0.5) is 20.4 Å². The number of ether oxygens (including phenoxy) is 2. The second-order valence-corrected chi connectivity index (χ2v) is 24.1. The number of nitrogens with zero attached hydrogens (tertiary/aromatic N) is 11. The number of amides is 2. The van der Waals surface area contributed by atoms with E-state index in [0.29, 0.717) is 85.9 Å². The first-order valence-electron chi connectivity index (χ1n) is 29.3. The zero-order valence-corrected chi connectivity index (χ0v) is 46.5. The van der Waals surface area contributed by atoms with Gasteiger partial charge in [0.05, 0.1) is 28.4 Å². The molecule has 7 saturated heterocycles. The van der Waals surface area contributed by atoms with Gasteiger partial charge in [0.15, 0.2) is 11.6 Å². The molecule has 0 bridgehead atoms. The molecule has 2 amide bonds. The molecule has 1 unspecified atom stereocenters. The van der Waals surface area contributed by atoms with Crippen LogP contribution in [0.5, 0.6) is 23.5 Å². The highest BCUT2D eigenvalue weighted by Gasteiger charge is 2.48. The highest BCUT2D eigenvalue weighted by atomic mass is 19.1. The van der Waals surface area contributed by atoms with Crippen LogP contribution in [0.3, 0.4) is 0 Å². The molecule has 428 valence electrons. The number of aromatic hydroxyl groups is 2. The Morgan fingerprint density at radius 2 is 1.10 bits per heavy atom. The maximum Gasteiger partial charge on any atom is 0.319 e. The zero-order chi connectivity index (χ0) is 56.6. The largest absolute Gasteiger partial charge is 0.508 e. The van der Waals surface area contributed by atoms with Crippen molar-refractivity contribution in [1.82, 2.24) is 49.9 Å². The van der Waals surface area contributed by atoms with Crippen molar-refractivity contribution in [2.45, 2.75) is 81.7 Å². The van der Waals surface area contributed by atoms with Gasteiger partial charge in [0.2, 0.25) is 11.8 Å². The Balaban J connectivity index is 0.000000148. The third-order valence-corrected chi connectivity index (χ3v) is 19.0. The van der Waals surface area contributed by atoms with Gasteiger partial charge in [-0.2, -0.15) is 19.9 Å². The number of phenols is 2. The van der Waals surface area contributed by atoms with E-state index in [-0.39, 0.29) is 80.8 Å². The Labute approximate surface area is 478 Å². The molecule has 83 heavy (non-hydrogen) atoms. The molecule has 0 aliphatic carbocycles. The van der Waals surface area contributed by atoms with E-state index < -0.39 is 11.6 Å². The van der Waals surface area contributed by atoms with Gasteiger partial charge >= 0.3 is 12.0 Å². The molecule has 7 aliphatic rings. The second kappa shape index (κ2) is 21.0. The first-order valence-corrected chi connectivity index (χ1v) is 29.3. The van der Waals surface area contributed by atoms with Gasteiger partial charge in [-0.05, 0) is 136 Å². The van der Waals surface area contributed by atoms with Crippen molar-refractivity contribution in [3.8, 4) is 46.0 Å². The first-order chi connectivity index (χ1) is 40.3. The second-order valence-electron chi connectivity index (χ2n) is 24.1. The van der Waals surface area contributed by atoms with Crippen molar-refractivity contribution in [2.24, 2.45) is 5.41 Å². The Bertz CT molecular complexity index is 3890. The maximum atomic E-state index is 16.6. The molecule has 4 aromatic heterocycles. The van der Waals surface area contributed by atoms with E-state index in [9.17, 15) is 19.8 Å². The van der Waals surface area contributed by atoms with Crippen LogP contribution in [0.15, 0.2) is 85.2 Å². The molecule has 4 aromatic carbocycles. The summed E-state index contributed by atoms with van der Waals surface area (Å²) in [6.07, 6.45) is 14.1. The fourth-order valence-corrected chi connectivity index (χ4v) is 14.7. The van der Waals surface area contributed by atoms with E-state index in [1.807, 2.05) is 53.4 Å². The molecule has 11 heterocycles. The molecule has 20 heteroatoms. The van der Waals surface area contributed by atoms with Gasteiger partial charge in [0, 0.05) is 75.1 Å². The molecule has 18 nitrogen and oxygen atoms in total. The highest BCUT2D eigenvalue weighted by Crippen LogP contribution is 2.45. The lowest BCUT2D eigenvalue weighted by Crippen LogP contribution is -2.43. The van der Waals surface area contributed by atoms with E-state index in [0.717, 1.165) is 112 Å². The third-order valence-electron chi connectivity index (χ3n) is 19.0. The Morgan fingerprint density at radius 3 is 1.60 bits per heavy atom. The lowest BCUT2D eigenvalue weighted by atomic mass is 9.86. The number of fused-ring (bicyclic) bond motifs is 6. The van der Waals surface area contributed by atoms with Crippen LogP contribution in [0, 0.1) is 17.0 Å². The lowest BCUT2D eigenvalue weighted by molar-refractivity contribution is -0.128. The van der Waals surface area contributed by atoms with Crippen LogP contribution >= 0.6 is 0 Å². The van der Waals surface area contributed by atoms with E-state index >= 15 is 8.78 Å². The summed E-state index contributed by atoms with van der Waals surface area (Å²) in [5, 5.41) is 27.9. The standard InChI is InChI=1S/C32H33FN6O3.C31H33FN6O3/c33-26-27(23-14-21(40)13-20-5-1-2-6-22(20)23)34-16-24-28(26)36-30(42-19-32-7-3-10-39(32)11-4-8-32)37-29(24)38-12-9-31(18-38)15-25(41)35-17-31;1-36-11-6-12-37(18-25(36)40)29-24-17-33-27(23-16-21(39)15-20-7-2-3-8-22(20)23)26(32)28(24)34-30(35-29)41-19-31-9-4-13-38(31)14-5-10-31/h1-2,5-6,13-14,16,40H,3-4,7-12,15,17-19H2,(H,35,41);2-3,7-8,15-17,39H,4-6,9-14,18-19H2,1H3. The smallest absolute Gasteiger partial charge is 0.319 e. The van der Waals surface area contributed by atoms with Gasteiger partial charge in [-0.25, -0.2) is 8.78 Å². The van der Waals surface area contributed by atoms with Gasteiger partial charge in [0.1, 0.15) is 58.8 Å². The number of benzene rings is 4. The molecule has 1 spiro atoms. The van der Waals surface area contributed by atoms with Crippen molar-refractivity contribution in [3.05, 3.63) is 96.8 Å². The summed E-state index contributed by atoms with van der Waals surface area (Å²) in [4.78, 5) is 63.6. The van der Waals surface area contributed by atoms with Crippen LogP contribution in [0.25, 0.3) is 65.9 Å². The molecule has 0 saturated carbocycles. The number of likely N-dealkylation sites (N-methyl/N-ethyl adjacent to an activating group) is 1. The number of hydrogen-bond donors (Lipinski definition) is 3. The minimum absolute atomic E-state index is 0.00547. The normalized spacial score (nSPS) is 21.3. The number of anilines is 2. The number of rotatable bonds is 10. The summed E-state index contributed by atoms with van der Waals surface area (Å²) < 4.78 is 45.7. The van der Waals surface area contributed by atoms with Crippen LogP contribution in [-0.4, -0.2) is 163 Å². The molecule has 1 atom stereocenters. The Kier molecular flexibility index (Phi) is 13.4. The molecule has 8 aromatic rings. The number of nitrogens with one attached hydrogen (secondary N) is 1. The van der Waals surface area contributed by atoms with Gasteiger partial charge in [-0.1, -0.05) is 48.5 Å². The summed E-state index contributed by atoms with van der Waals surface area (Å²) in [5.74, 6) is -0.0680. The SMILES string of the molecule is CN1CCCN(c2nc(OCC34CCCN3CCC4)nc3c(F)c(-c4cc(O)cc5ccccc45)ncc23)CC1=O.O=C1CC2(CCN(c3nc(OCC45CCCN4CCC5)nc4c(F)c(-c5cc(O)cc6ccccc56)ncc34)C2)CN1. The Hall–Kier alpha value is -8.10. The number of phenolic OH excluding ortho intramolecular Hbond substituents is 2. The molecule has 0 radical (unpaired) electrons. The number of aromatic nitrogens is 6. The van der Waals surface area contributed by atoms with Crippen LogP contribution in [0.1, 0.15) is 70.6 Å². The Morgan fingerprint density at radius 1 is 0.590 bits per heavy atom.